The third kappa shape index (κ3) is 2.47. The molecule has 0 aromatic heterocycles. The van der Waals surface area contributed by atoms with E-state index in [0.717, 1.165) is 4.90 Å². The predicted octanol–water partition coefficient (Wildman–Crippen LogP) is 0.612. The van der Waals surface area contributed by atoms with Crippen LogP contribution in [0.5, 0.6) is 0 Å². The summed E-state index contributed by atoms with van der Waals surface area (Å²) in [6, 6.07) is -0.212. The van der Waals surface area contributed by atoms with Crippen molar-refractivity contribution in [2.45, 2.75) is 33.2 Å². The number of rotatable bonds is 2. The van der Waals surface area contributed by atoms with Crippen LogP contribution in [0.25, 0.3) is 0 Å². The van der Waals surface area contributed by atoms with Gasteiger partial charge in [-0.3, -0.25) is 9.59 Å². The van der Waals surface area contributed by atoms with E-state index in [1.807, 2.05) is 20.8 Å². The molecule has 0 atom stereocenters. The van der Waals surface area contributed by atoms with Crippen molar-refractivity contribution in [3.8, 4) is 0 Å². The first kappa shape index (κ1) is 12.9. The van der Waals surface area contributed by atoms with Crippen molar-refractivity contribution in [2.24, 2.45) is 5.41 Å². The van der Waals surface area contributed by atoms with Crippen LogP contribution in [0.1, 0.15) is 27.2 Å². The van der Waals surface area contributed by atoms with Crippen molar-refractivity contribution >= 4 is 17.9 Å². The lowest BCUT2D eigenvalue weighted by molar-refractivity contribution is -0.143. The van der Waals surface area contributed by atoms with Gasteiger partial charge < -0.3 is 9.64 Å². The van der Waals surface area contributed by atoms with Gasteiger partial charge >= 0.3 is 6.09 Å². The summed E-state index contributed by atoms with van der Waals surface area (Å²) in [6.07, 6.45) is -0.120. The zero-order valence-electron chi connectivity index (χ0n) is 10.9. The van der Waals surface area contributed by atoms with Crippen LogP contribution in [0.15, 0.2) is 0 Å². The molecule has 2 fully saturated rings. The van der Waals surface area contributed by atoms with Gasteiger partial charge in [-0.25, -0.2) is 9.69 Å². The fourth-order valence-electron chi connectivity index (χ4n) is 2.10. The van der Waals surface area contributed by atoms with Crippen LogP contribution in [0.3, 0.4) is 0 Å². The average molecular weight is 254 g/mol. The standard InChI is InChI=1S/C12H18N2O4/c1-12(2,3)4-9(15)13-5-8(6-13)14-10(16)7-18-11(14)17/h8H,4-7H2,1-3H3. The van der Waals surface area contributed by atoms with Gasteiger partial charge in [0.25, 0.3) is 5.91 Å². The number of amides is 3. The lowest BCUT2D eigenvalue weighted by atomic mass is 9.90. The van der Waals surface area contributed by atoms with Crippen molar-refractivity contribution in [1.29, 1.82) is 0 Å². The Morgan fingerprint density at radius 2 is 1.94 bits per heavy atom. The van der Waals surface area contributed by atoms with Gasteiger partial charge in [0.1, 0.15) is 0 Å². The molecule has 18 heavy (non-hydrogen) atoms. The third-order valence-corrected chi connectivity index (χ3v) is 3.05. The Hall–Kier alpha value is -1.59. The number of carbonyl (C=O) groups is 3. The highest BCUT2D eigenvalue weighted by Gasteiger charge is 2.44. The first-order valence-corrected chi connectivity index (χ1v) is 6.04. The minimum absolute atomic E-state index is 0.0510. The minimum Gasteiger partial charge on any atom is -0.439 e. The van der Waals surface area contributed by atoms with Crippen LogP contribution in [0.2, 0.25) is 0 Å². The van der Waals surface area contributed by atoms with Gasteiger partial charge in [0.15, 0.2) is 6.61 Å². The molecule has 0 unspecified atom stereocenters. The molecule has 2 saturated heterocycles. The number of hydrogen-bond donors (Lipinski definition) is 0. The molecule has 6 nitrogen and oxygen atoms in total. The fourth-order valence-corrected chi connectivity index (χ4v) is 2.10. The Morgan fingerprint density at radius 3 is 2.39 bits per heavy atom. The van der Waals surface area contributed by atoms with Gasteiger partial charge in [0, 0.05) is 19.5 Å². The summed E-state index contributed by atoms with van der Waals surface area (Å²) in [7, 11) is 0. The van der Waals surface area contributed by atoms with Crippen molar-refractivity contribution in [3.05, 3.63) is 0 Å². The SMILES string of the molecule is CC(C)(C)CC(=O)N1CC(N2C(=O)COC2=O)C1. The number of carbonyl (C=O) groups excluding carboxylic acids is 3. The highest BCUT2D eigenvalue weighted by Crippen LogP contribution is 2.24. The van der Waals surface area contributed by atoms with E-state index < -0.39 is 6.09 Å². The van der Waals surface area contributed by atoms with Crippen LogP contribution in [0, 0.1) is 5.41 Å². The summed E-state index contributed by atoms with van der Waals surface area (Å²) in [4.78, 5) is 37.4. The third-order valence-electron chi connectivity index (χ3n) is 3.05. The van der Waals surface area contributed by atoms with Crippen LogP contribution in [-0.4, -0.2) is 53.4 Å². The number of likely N-dealkylation sites (tertiary alicyclic amines) is 1. The lowest BCUT2D eigenvalue weighted by Crippen LogP contribution is -2.62. The van der Waals surface area contributed by atoms with Crippen molar-refractivity contribution < 1.29 is 19.1 Å². The van der Waals surface area contributed by atoms with Gasteiger partial charge in [-0.05, 0) is 5.41 Å². The molecule has 2 heterocycles. The minimum atomic E-state index is -0.590. The van der Waals surface area contributed by atoms with Gasteiger partial charge in [-0.2, -0.15) is 0 Å². The van der Waals surface area contributed by atoms with Gasteiger partial charge in [-0.15, -0.1) is 0 Å². The zero-order chi connectivity index (χ0) is 13.5. The summed E-state index contributed by atoms with van der Waals surface area (Å²) in [5.41, 5.74) is -0.0510. The largest absolute Gasteiger partial charge is 0.439 e. The number of ether oxygens (including phenoxy) is 1. The molecule has 2 rings (SSSR count). The second-order valence-corrected chi connectivity index (χ2v) is 6.01. The molecule has 0 aromatic carbocycles. The molecule has 6 heteroatoms. The fraction of sp³-hybridized carbons (Fsp3) is 0.750. The normalized spacial score (nSPS) is 21.1. The van der Waals surface area contributed by atoms with E-state index in [1.165, 1.54) is 0 Å². The molecule has 3 amide bonds. The summed E-state index contributed by atoms with van der Waals surface area (Å²) in [6.45, 7) is 6.69. The van der Waals surface area contributed by atoms with Gasteiger partial charge in [0.2, 0.25) is 5.91 Å². The molecule has 0 N–H and O–H groups in total. The Kier molecular flexibility index (Phi) is 3.04. The summed E-state index contributed by atoms with van der Waals surface area (Å²) >= 11 is 0. The van der Waals surface area contributed by atoms with E-state index in [1.54, 1.807) is 4.90 Å². The summed E-state index contributed by atoms with van der Waals surface area (Å²) in [5, 5.41) is 0. The second-order valence-electron chi connectivity index (χ2n) is 6.01. The molecule has 0 bridgehead atoms. The topological polar surface area (TPSA) is 66.9 Å². The molecule has 2 aliphatic rings. The Bertz CT molecular complexity index is 377. The second kappa shape index (κ2) is 4.26. The molecule has 0 aromatic rings. The molecule has 0 spiro atoms. The molecule has 100 valence electrons. The van der Waals surface area contributed by atoms with Crippen LogP contribution >= 0.6 is 0 Å². The Labute approximate surface area is 106 Å². The highest BCUT2D eigenvalue weighted by atomic mass is 16.6. The maximum Gasteiger partial charge on any atom is 0.417 e. The number of cyclic esters (lactones) is 1. The number of nitrogens with zero attached hydrogens (tertiary/aromatic N) is 2. The van der Waals surface area contributed by atoms with E-state index in [2.05, 4.69) is 4.74 Å². The molecule has 0 aliphatic carbocycles. The molecular formula is C12H18N2O4. The Morgan fingerprint density at radius 1 is 1.33 bits per heavy atom. The zero-order valence-corrected chi connectivity index (χ0v) is 10.9. The maximum absolute atomic E-state index is 11.9. The van der Waals surface area contributed by atoms with Crippen molar-refractivity contribution in [3.63, 3.8) is 0 Å². The first-order chi connectivity index (χ1) is 8.28. The molecule has 0 radical (unpaired) electrons. The van der Waals surface area contributed by atoms with E-state index in [9.17, 15) is 14.4 Å². The van der Waals surface area contributed by atoms with Gasteiger partial charge in [-0.1, -0.05) is 20.8 Å². The van der Waals surface area contributed by atoms with E-state index in [0.29, 0.717) is 19.5 Å². The Balaban J connectivity index is 1.85. The van der Waals surface area contributed by atoms with Crippen LogP contribution < -0.4 is 0 Å². The average Bonchev–Trinajstić information content (AvgIpc) is 2.43. The highest BCUT2D eigenvalue weighted by molar-refractivity contribution is 5.98. The van der Waals surface area contributed by atoms with Crippen LogP contribution in [0.4, 0.5) is 4.79 Å². The lowest BCUT2D eigenvalue weighted by Gasteiger charge is -2.42. The van der Waals surface area contributed by atoms with Crippen molar-refractivity contribution in [2.75, 3.05) is 19.7 Å². The van der Waals surface area contributed by atoms with Gasteiger partial charge in [0.05, 0.1) is 6.04 Å². The smallest absolute Gasteiger partial charge is 0.417 e. The van der Waals surface area contributed by atoms with E-state index in [4.69, 9.17) is 0 Å². The summed E-state index contributed by atoms with van der Waals surface area (Å²) < 4.78 is 4.64. The maximum atomic E-state index is 11.9. The molecular weight excluding hydrogens is 236 g/mol. The van der Waals surface area contributed by atoms with Crippen LogP contribution in [-0.2, 0) is 14.3 Å². The van der Waals surface area contributed by atoms with E-state index >= 15 is 0 Å². The molecule has 2 aliphatic heterocycles. The van der Waals surface area contributed by atoms with Crippen molar-refractivity contribution in [1.82, 2.24) is 9.80 Å². The molecule has 0 saturated carbocycles. The quantitative estimate of drug-likeness (QED) is 0.724. The monoisotopic (exact) mass is 254 g/mol. The first-order valence-electron chi connectivity index (χ1n) is 6.04. The predicted molar refractivity (Wildman–Crippen MR) is 62.6 cm³/mol. The summed E-state index contributed by atoms with van der Waals surface area (Å²) in [5.74, 6) is -0.244. The number of imide groups is 1. The number of hydrogen-bond acceptors (Lipinski definition) is 4. The van der Waals surface area contributed by atoms with E-state index in [-0.39, 0.29) is 29.9 Å².